The molecule has 160 valence electrons. The standard InChI is InChI=1S/C23H28BrN3O3/c1-5-27(15-20(28)26-23(2,3)4)21(29)14-16-6-12-19(13-7-16)25-22(30)17-8-10-18(24)11-9-17/h6-13H,5,14-15H2,1-4H3,(H,25,30)(H,26,28). The van der Waals surface area contributed by atoms with Crippen LogP contribution in [0.5, 0.6) is 0 Å². The van der Waals surface area contributed by atoms with Gasteiger partial charge in [0.15, 0.2) is 0 Å². The third kappa shape index (κ3) is 7.63. The van der Waals surface area contributed by atoms with Gasteiger partial charge in [-0.05, 0) is 69.7 Å². The molecule has 0 saturated carbocycles. The van der Waals surface area contributed by atoms with Crippen LogP contribution in [0.1, 0.15) is 43.6 Å². The van der Waals surface area contributed by atoms with E-state index in [1.807, 2.05) is 39.8 Å². The van der Waals surface area contributed by atoms with E-state index in [4.69, 9.17) is 0 Å². The zero-order chi connectivity index (χ0) is 22.3. The van der Waals surface area contributed by atoms with E-state index in [-0.39, 0.29) is 36.2 Å². The number of carbonyl (C=O) groups is 3. The number of carbonyl (C=O) groups excluding carboxylic acids is 3. The molecule has 0 fully saturated rings. The van der Waals surface area contributed by atoms with Gasteiger partial charge in [0.05, 0.1) is 13.0 Å². The van der Waals surface area contributed by atoms with Crippen molar-refractivity contribution in [2.45, 2.75) is 39.7 Å². The summed E-state index contributed by atoms with van der Waals surface area (Å²) in [6.07, 6.45) is 0.192. The van der Waals surface area contributed by atoms with Crippen LogP contribution in [0, 0.1) is 0 Å². The molecule has 0 atom stereocenters. The van der Waals surface area contributed by atoms with Gasteiger partial charge in [0.25, 0.3) is 5.91 Å². The van der Waals surface area contributed by atoms with Crippen molar-refractivity contribution in [3.8, 4) is 0 Å². The molecule has 0 aliphatic carbocycles. The predicted octanol–water partition coefficient (Wildman–Crippen LogP) is 4.01. The van der Waals surface area contributed by atoms with E-state index in [1.54, 1.807) is 36.4 Å². The van der Waals surface area contributed by atoms with Crippen LogP contribution < -0.4 is 10.6 Å². The second kappa shape index (κ2) is 10.4. The van der Waals surface area contributed by atoms with E-state index < -0.39 is 0 Å². The molecule has 30 heavy (non-hydrogen) atoms. The Kier molecular flexibility index (Phi) is 8.17. The average molecular weight is 474 g/mol. The van der Waals surface area contributed by atoms with Crippen LogP contribution in [-0.4, -0.2) is 41.2 Å². The first kappa shape index (κ1) is 23.6. The third-order valence-corrected chi connectivity index (χ3v) is 4.79. The van der Waals surface area contributed by atoms with Crippen LogP contribution in [0.4, 0.5) is 5.69 Å². The maximum Gasteiger partial charge on any atom is 0.255 e. The molecule has 0 aliphatic heterocycles. The normalized spacial score (nSPS) is 11.0. The minimum Gasteiger partial charge on any atom is -0.350 e. The fourth-order valence-electron chi connectivity index (χ4n) is 2.80. The molecule has 2 aromatic rings. The lowest BCUT2D eigenvalue weighted by Crippen LogP contribution is -2.47. The molecule has 2 N–H and O–H groups in total. The van der Waals surface area contributed by atoms with E-state index >= 15 is 0 Å². The fourth-order valence-corrected chi connectivity index (χ4v) is 3.07. The summed E-state index contributed by atoms with van der Waals surface area (Å²) in [6, 6.07) is 14.2. The van der Waals surface area contributed by atoms with Crippen molar-refractivity contribution in [1.29, 1.82) is 0 Å². The Hall–Kier alpha value is -2.67. The van der Waals surface area contributed by atoms with Crippen molar-refractivity contribution in [1.82, 2.24) is 10.2 Å². The largest absolute Gasteiger partial charge is 0.350 e. The van der Waals surface area contributed by atoms with E-state index in [0.717, 1.165) is 10.0 Å². The first-order valence-corrected chi connectivity index (χ1v) is 10.6. The molecule has 0 radical (unpaired) electrons. The molecule has 7 heteroatoms. The summed E-state index contributed by atoms with van der Waals surface area (Å²) in [5, 5.41) is 5.71. The summed E-state index contributed by atoms with van der Waals surface area (Å²) in [5.74, 6) is -0.495. The van der Waals surface area contributed by atoms with Crippen molar-refractivity contribution < 1.29 is 14.4 Å². The summed E-state index contributed by atoms with van der Waals surface area (Å²) >= 11 is 3.34. The predicted molar refractivity (Wildman–Crippen MR) is 122 cm³/mol. The number of amides is 3. The topological polar surface area (TPSA) is 78.5 Å². The minimum atomic E-state index is -0.337. The van der Waals surface area contributed by atoms with Crippen LogP contribution in [0.3, 0.4) is 0 Å². The highest BCUT2D eigenvalue weighted by atomic mass is 79.9. The number of halogens is 1. The molecule has 0 heterocycles. The van der Waals surface area contributed by atoms with Gasteiger partial charge < -0.3 is 15.5 Å². The number of anilines is 1. The van der Waals surface area contributed by atoms with Crippen LogP contribution in [0.15, 0.2) is 53.0 Å². The molecule has 6 nitrogen and oxygen atoms in total. The van der Waals surface area contributed by atoms with E-state index in [9.17, 15) is 14.4 Å². The Labute approximate surface area is 186 Å². The number of nitrogens with one attached hydrogen (secondary N) is 2. The van der Waals surface area contributed by atoms with Gasteiger partial charge in [0.1, 0.15) is 0 Å². The summed E-state index contributed by atoms with van der Waals surface area (Å²) in [5.41, 5.74) is 1.69. The number of likely N-dealkylation sites (N-methyl/N-ethyl adjacent to an activating group) is 1. The van der Waals surface area contributed by atoms with Crippen molar-refractivity contribution in [3.05, 3.63) is 64.1 Å². The Morgan fingerprint density at radius 3 is 2.10 bits per heavy atom. The monoisotopic (exact) mass is 473 g/mol. The summed E-state index contributed by atoms with van der Waals surface area (Å²) < 4.78 is 0.907. The first-order chi connectivity index (χ1) is 14.1. The molecule has 0 aliphatic rings. The summed E-state index contributed by atoms with van der Waals surface area (Å²) in [4.78, 5) is 38.5. The molecular formula is C23H28BrN3O3. The molecule has 2 rings (SSSR count). The van der Waals surface area contributed by atoms with Crippen LogP contribution >= 0.6 is 15.9 Å². The van der Waals surface area contributed by atoms with Gasteiger partial charge in [-0.15, -0.1) is 0 Å². The third-order valence-electron chi connectivity index (χ3n) is 4.26. The highest BCUT2D eigenvalue weighted by Gasteiger charge is 2.19. The number of nitrogens with zero attached hydrogens (tertiary/aromatic N) is 1. The summed E-state index contributed by atoms with van der Waals surface area (Å²) in [7, 11) is 0. The second-order valence-electron chi connectivity index (χ2n) is 8.04. The van der Waals surface area contributed by atoms with Gasteiger partial charge in [-0.3, -0.25) is 14.4 Å². The smallest absolute Gasteiger partial charge is 0.255 e. The molecule has 0 unspecified atom stereocenters. The van der Waals surface area contributed by atoms with E-state index in [0.29, 0.717) is 17.8 Å². The van der Waals surface area contributed by atoms with Crippen LogP contribution in [0.25, 0.3) is 0 Å². The first-order valence-electron chi connectivity index (χ1n) is 9.82. The lowest BCUT2D eigenvalue weighted by molar-refractivity contribution is -0.135. The zero-order valence-electron chi connectivity index (χ0n) is 17.8. The number of benzene rings is 2. The van der Waals surface area contributed by atoms with E-state index in [2.05, 4.69) is 26.6 Å². The molecular weight excluding hydrogens is 446 g/mol. The Bertz CT molecular complexity index is 887. The second-order valence-corrected chi connectivity index (χ2v) is 8.96. The van der Waals surface area contributed by atoms with Crippen molar-refractivity contribution in [2.24, 2.45) is 0 Å². The van der Waals surface area contributed by atoms with Gasteiger partial charge in [-0.25, -0.2) is 0 Å². The zero-order valence-corrected chi connectivity index (χ0v) is 19.4. The highest BCUT2D eigenvalue weighted by Crippen LogP contribution is 2.15. The van der Waals surface area contributed by atoms with Gasteiger partial charge in [-0.1, -0.05) is 28.1 Å². The Morgan fingerprint density at radius 1 is 0.967 bits per heavy atom. The number of rotatable bonds is 7. The van der Waals surface area contributed by atoms with Gasteiger partial charge in [0.2, 0.25) is 11.8 Å². The minimum absolute atomic E-state index is 0.0356. The lowest BCUT2D eigenvalue weighted by atomic mass is 10.1. The van der Waals surface area contributed by atoms with Gasteiger partial charge in [-0.2, -0.15) is 0 Å². The maximum absolute atomic E-state index is 12.6. The highest BCUT2D eigenvalue weighted by molar-refractivity contribution is 9.10. The quantitative estimate of drug-likeness (QED) is 0.637. The van der Waals surface area contributed by atoms with Crippen molar-refractivity contribution >= 4 is 39.3 Å². The van der Waals surface area contributed by atoms with Crippen LogP contribution in [-0.2, 0) is 16.0 Å². The van der Waals surface area contributed by atoms with E-state index in [1.165, 1.54) is 4.90 Å². The van der Waals surface area contributed by atoms with Crippen molar-refractivity contribution in [2.75, 3.05) is 18.4 Å². The van der Waals surface area contributed by atoms with Gasteiger partial charge >= 0.3 is 0 Å². The molecule has 3 amide bonds. The van der Waals surface area contributed by atoms with Crippen molar-refractivity contribution in [3.63, 3.8) is 0 Å². The fraction of sp³-hybridized carbons (Fsp3) is 0.348. The molecule has 0 aromatic heterocycles. The maximum atomic E-state index is 12.6. The van der Waals surface area contributed by atoms with Crippen LogP contribution in [0.2, 0.25) is 0 Å². The lowest BCUT2D eigenvalue weighted by Gasteiger charge is -2.25. The number of hydrogen-bond donors (Lipinski definition) is 2. The Morgan fingerprint density at radius 2 is 1.57 bits per heavy atom. The molecule has 0 saturated heterocycles. The molecule has 2 aromatic carbocycles. The summed E-state index contributed by atoms with van der Waals surface area (Å²) in [6.45, 7) is 8.05. The van der Waals surface area contributed by atoms with Gasteiger partial charge in [0, 0.05) is 27.8 Å². The molecule has 0 spiro atoms. The molecule has 0 bridgehead atoms. The number of hydrogen-bond acceptors (Lipinski definition) is 3. The Balaban J connectivity index is 1.93. The average Bonchev–Trinajstić information content (AvgIpc) is 2.66. The SMILES string of the molecule is CCN(CC(=O)NC(C)(C)C)C(=O)Cc1ccc(NC(=O)c2ccc(Br)cc2)cc1.